The maximum Gasteiger partial charge on any atom is 0.0771 e. The Morgan fingerprint density at radius 3 is 2.08 bits per heavy atom. The third-order valence-corrected chi connectivity index (χ3v) is 3.04. The second kappa shape index (κ2) is 3.35. The third-order valence-electron chi connectivity index (χ3n) is 3.04. The van der Waals surface area contributed by atoms with Crippen molar-refractivity contribution in [3.8, 4) is 0 Å². The molecule has 0 atom stereocenters. The predicted octanol–water partition coefficient (Wildman–Crippen LogP) is 1.54. The zero-order valence-electron chi connectivity index (χ0n) is 8.48. The van der Waals surface area contributed by atoms with Crippen molar-refractivity contribution in [1.29, 1.82) is 0 Å². The lowest BCUT2D eigenvalue weighted by Gasteiger charge is -2.40. The molecule has 1 saturated carbocycles. The smallest absolute Gasteiger partial charge is 0.0771 e. The first kappa shape index (κ1) is 10.0. The zero-order valence-corrected chi connectivity index (χ0v) is 8.48. The molecule has 0 amide bonds. The molecule has 0 saturated heterocycles. The van der Waals surface area contributed by atoms with Crippen LogP contribution in [0.3, 0.4) is 0 Å². The van der Waals surface area contributed by atoms with Crippen LogP contribution in [0, 0.1) is 5.41 Å². The minimum atomic E-state index is -0.426. The fourth-order valence-corrected chi connectivity index (χ4v) is 1.90. The molecule has 0 radical (unpaired) electrons. The molecule has 0 aromatic rings. The van der Waals surface area contributed by atoms with Crippen LogP contribution in [-0.4, -0.2) is 24.3 Å². The highest BCUT2D eigenvalue weighted by atomic mass is 16.3. The monoisotopic (exact) mass is 171 g/mol. The topological polar surface area (TPSA) is 32.3 Å². The Bertz CT molecular complexity index is 144. The summed E-state index contributed by atoms with van der Waals surface area (Å²) in [7, 11) is 1.90. The molecular formula is C10H21NO. The molecule has 0 unspecified atom stereocenters. The molecule has 1 fully saturated rings. The molecule has 0 aromatic heterocycles. The first-order valence-corrected chi connectivity index (χ1v) is 4.84. The minimum Gasteiger partial charge on any atom is -0.389 e. The zero-order chi connectivity index (χ0) is 9.24. The van der Waals surface area contributed by atoms with E-state index in [1.54, 1.807) is 0 Å². The van der Waals surface area contributed by atoms with Gasteiger partial charge in [0, 0.05) is 6.54 Å². The van der Waals surface area contributed by atoms with Crippen LogP contribution in [-0.2, 0) is 0 Å². The SMILES string of the molecule is CNCC1(O)CCC(C)(C)CC1. The van der Waals surface area contributed by atoms with E-state index in [-0.39, 0.29) is 0 Å². The van der Waals surface area contributed by atoms with E-state index in [4.69, 9.17) is 0 Å². The summed E-state index contributed by atoms with van der Waals surface area (Å²) in [5.41, 5.74) is 0.0181. The van der Waals surface area contributed by atoms with E-state index in [1.807, 2.05) is 7.05 Å². The van der Waals surface area contributed by atoms with Crippen LogP contribution in [0.1, 0.15) is 39.5 Å². The van der Waals surface area contributed by atoms with Gasteiger partial charge < -0.3 is 10.4 Å². The molecule has 0 aromatic carbocycles. The van der Waals surface area contributed by atoms with Gasteiger partial charge in [0.05, 0.1) is 5.60 Å². The van der Waals surface area contributed by atoms with E-state index < -0.39 is 5.60 Å². The fraction of sp³-hybridized carbons (Fsp3) is 1.00. The summed E-state index contributed by atoms with van der Waals surface area (Å²) in [6, 6.07) is 0. The largest absolute Gasteiger partial charge is 0.389 e. The summed E-state index contributed by atoms with van der Waals surface area (Å²) in [6.07, 6.45) is 4.18. The van der Waals surface area contributed by atoms with Crippen LogP contribution in [0.15, 0.2) is 0 Å². The van der Waals surface area contributed by atoms with Crippen LogP contribution in [0.2, 0.25) is 0 Å². The van der Waals surface area contributed by atoms with Crippen molar-refractivity contribution in [2.45, 2.75) is 45.1 Å². The number of hydrogen-bond donors (Lipinski definition) is 2. The Hall–Kier alpha value is -0.0800. The molecule has 2 N–H and O–H groups in total. The average molecular weight is 171 g/mol. The van der Waals surface area contributed by atoms with Gasteiger partial charge in [-0.15, -0.1) is 0 Å². The molecule has 2 nitrogen and oxygen atoms in total. The summed E-state index contributed by atoms with van der Waals surface area (Å²) in [5.74, 6) is 0. The van der Waals surface area contributed by atoms with Crippen molar-refractivity contribution in [3.05, 3.63) is 0 Å². The maximum atomic E-state index is 10.0. The second-order valence-corrected chi connectivity index (χ2v) is 4.92. The van der Waals surface area contributed by atoms with Crippen molar-refractivity contribution in [3.63, 3.8) is 0 Å². The van der Waals surface area contributed by atoms with Gasteiger partial charge in [-0.25, -0.2) is 0 Å². The van der Waals surface area contributed by atoms with Gasteiger partial charge in [0.2, 0.25) is 0 Å². The minimum absolute atomic E-state index is 0.426. The first-order chi connectivity index (χ1) is 5.47. The van der Waals surface area contributed by atoms with E-state index >= 15 is 0 Å². The molecule has 0 heterocycles. The Balaban J connectivity index is 2.44. The molecule has 0 bridgehead atoms. The summed E-state index contributed by atoms with van der Waals surface area (Å²) < 4.78 is 0. The van der Waals surface area contributed by atoms with Crippen LogP contribution in [0.4, 0.5) is 0 Å². The number of aliphatic hydroxyl groups is 1. The van der Waals surface area contributed by atoms with Gasteiger partial charge in [-0.1, -0.05) is 13.8 Å². The second-order valence-electron chi connectivity index (χ2n) is 4.92. The highest BCUT2D eigenvalue weighted by Crippen LogP contribution is 2.39. The van der Waals surface area contributed by atoms with Crippen molar-refractivity contribution >= 4 is 0 Å². The highest BCUT2D eigenvalue weighted by molar-refractivity contribution is 4.89. The number of likely N-dealkylation sites (N-methyl/N-ethyl adjacent to an activating group) is 1. The quantitative estimate of drug-likeness (QED) is 0.660. The molecule has 12 heavy (non-hydrogen) atoms. The Morgan fingerprint density at radius 1 is 1.17 bits per heavy atom. The van der Waals surface area contributed by atoms with Crippen LogP contribution >= 0.6 is 0 Å². The Morgan fingerprint density at radius 2 is 1.67 bits per heavy atom. The molecule has 1 rings (SSSR count). The van der Waals surface area contributed by atoms with Crippen molar-refractivity contribution in [1.82, 2.24) is 5.32 Å². The van der Waals surface area contributed by atoms with E-state index in [0.717, 1.165) is 32.2 Å². The van der Waals surface area contributed by atoms with Gasteiger partial charge in [-0.2, -0.15) is 0 Å². The average Bonchev–Trinajstić information content (AvgIpc) is 1.98. The highest BCUT2D eigenvalue weighted by Gasteiger charge is 2.35. The standard InChI is InChI=1S/C10H21NO/c1-9(2)4-6-10(12,7-5-9)8-11-3/h11-12H,4-8H2,1-3H3. The van der Waals surface area contributed by atoms with Gasteiger partial charge in [0.1, 0.15) is 0 Å². The van der Waals surface area contributed by atoms with Gasteiger partial charge in [-0.05, 0) is 38.1 Å². The van der Waals surface area contributed by atoms with E-state index in [1.165, 1.54) is 0 Å². The van der Waals surface area contributed by atoms with Crippen LogP contribution in [0.25, 0.3) is 0 Å². The summed E-state index contributed by atoms with van der Waals surface area (Å²) in [4.78, 5) is 0. The number of rotatable bonds is 2. The van der Waals surface area contributed by atoms with Crippen molar-refractivity contribution in [2.24, 2.45) is 5.41 Å². The Labute approximate surface area is 75.4 Å². The van der Waals surface area contributed by atoms with E-state index in [0.29, 0.717) is 5.41 Å². The molecule has 0 spiro atoms. The fourth-order valence-electron chi connectivity index (χ4n) is 1.90. The van der Waals surface area contributed by atoms with Crippen molar-refractivity contribution < 1.29 is 5.11 Å². The molecule has 1 aliphatic carbocycles. The normalized spacial score (nSPS) is 27.0. The predicted molar refractivity (Wildman–Crippen MR) is 51.1 cm³/mol. The van der Waals surface area contributed by atoms with Crippen LogP contribution < -0.4 is 5.32 Å². The molecule has 0 aliphatic heterocycles. The summed E-state index contributed by atoms with van der Waals surface area (Å²) in [6.45, 7) is 5.31. The summed E-state index contributed by atoms with van der Waals surface area (Å²) in [5, 5.41) is 13.1. The first-order valence-electron chi connectivity index (χ1n) is 4.84. The van der Waals surface area contributed by atoms with E-state index in [9.17, 15) is 5.11 Å². The molecule has 2 heteroatoms. The lowest BCUT2D eigenvalue weighted by molar-refractivity contribution is -0.0229. The lowest BCUT2D eigenvalue weighted by atomic mass is 9.71. The Kier molecular flexibility index (Phi) is 2.79. The van der Waals surface area contributed by atoms with Crippen molar-refractivity contribution in [2.75, 3.05) is 13.6 Å². The van der Waals surface area contributed by atoms with E-state index in [2.05, 4.69) is 19.2 Å². The number of hydrogen-bond acceptors (Lipinski definition) is 2. The van der Waals surface area contributed by atoms with Gasteiger partial charge in [0.25, 0.3) is 0 Å². The van der Waals surface area contributed by atoms with Gasteiger partial charge >= 0.3 is 0 Å². The van der Waals surface area contributed by atoms with Gasteiger partial charge in [-0.3, -0.25) is 0 Å². The summed E-state index contributed by atoms with van der Waals surface area (Å²) >= 11 is 0. The maximum absolute atomic E-state index is 10.0. The molecular weight excluding hydrogens is 150 g/mol. The molecule has 1 aliphatic rings. The third kappa shape index (κ3) is 2.46. The lowest BCUT2D eigenvalue weighted by Crippen LogP contribution is -2.44. The van der Waals surface area contributed by atoms with Gasteiger partial charge in [0.15, 0.2) is 0 Å². The van der Waals surface area contributed by atoms with Crippen LogP contribution in [0.5, 0.6) is 0 Å². The molecule has 72 valence electrons. The number of nitrogens with one attached hydrogen (secondary N) is 1.